The van der Waals surface area contributed by atoms with E-state index in [1.165, 1.54) is 28.4 Å². The van der Waals surface area contributed by atoms with Gasteiger partial charge in [0, 0.05) is 44.0 Å². The zero-order valence-corrected chi connectivity index (χ0v) is 28.2. The van der Waals surface area contributed by atoms with E-state index in [-0.39, 0.29) is 25.9 Å². The summed E-state index contributed by atoms with van der Waals surface area (Å²) in [6.07, 6.45) is 4.76. The van der Waals surface area contributed by atoms with Crippen LogP contribution in [0.25, 0.3) is 44.5 Å². The third-order valence-electron chi connectivity index (χ3n) is 7.34. The second-order valence-corrected chi connectivity index (χ2v) is 16.6. The molecule has 0 saturated heterocycles. The number of rotatable bonds is 5. The maximum atomic E-state index is 13.5. The van der Waals surface area contributed by atoms with Crippen LogP contribution in [0.5, 0.6) is 0 Å². The van der Waals surface area contributed by atoms with Crippen LogP contribution in [0.3, 0.4) is 0 Å². The number of nitrogens with zero attached hydrogens (tertiary/aromatic N) is 2. The van der Waals surface area contributed by atoms with Gasteiger partial charge in [0.2, 0.25) is 0 Å². The molecule has 3 aromatic heterocycles. The summed E-state index contributed by atoms with van der Waals surface area (Å²) in [5, 5.41) is 3.17. The van der Waals surface area contributed by atoms with Crippen molar-refractivity contribution >= 4 is 35.2 Å². The first-order valence-corrected chi connectivity index (χ1v) is 17.8. The van der Waals surface area contributed by atoms with Crippen molar-refractivity contribution in [2.24, 2.45) is 0 Å². The van der Waals surface area contributed by atoms with Crippen LogP contribution in [0.2, 0.25) is 19.6 Å². The van der Waals surface area contributed by atoms with E-state index in [0.29, 0.717) is 11.2 Å². The molecule has 44 heavy (non-hydrogen) atoms. The van der Waals surface area contributed by atoms with Gasteiger partial charge in [0.15, 0.2) is 0 Å². The monoisotopic (exact) mass is 771 g/mol. The van der Waals surface area contributed by atoms with Crippen LogP contribution in [-0.2, 0) is 26.5 Å². The molecule has 221 valence electrons. The number of hydrogen-bond acceptors (Lipinski definition) is 3. The minimum atomic E-state index is -1.38. The number of aromatic nitrogens is 2. The number of benzene rings is 4. The van der Waals surface area contributed by atoms with Crippen LogP contribution in [0.15, 0.2) is 126 Å². The first-order chi connectivity index (χ1) is 20.8. The van der Waals surface area contributed by atoms with Gasteiger partial charge in [-0.25, -0.2) is 4.39 Å². The van der Waals surface area contributed by atoms with Crippen molar-refractivity contribution in [3.8, 4) is 22.5 Å². The first-order valence-electron chi connectivity index (χ1n) is 14.3. The van der Waals surface area contributed by atoms with E-state index in [1.807, 2.05) is 60.9 Å². The molecule has 0 bridgehead atoms. The van der Waals surface area contributed by atoms with E-state index < -0.39 is 8.07 Å². The molecule has 7 rings (SSSR count). The minimum absolute atomic E-state index is 0. The van der Waals surface area contributed by atoms with Crippen LogP contribution in [-0.4, -0.2) is 18.0 Å². The molecule has 0 fully saturated rings. The Balaban J connectivity index is 0.000000175. The molecule has 7 aromatic rings. The molecular weight excluding hydrogens is 740 g/mol. The molecule has 0 saturated carbocycles. The van der Waals surface area contributed by atoms with Gasteiger partial charge in [-0.15, -0.1) is 54.1 Å². The smallest absolute Gasteiger partial charge is 0.126 e. The number of pyridine rings is 2. The molecule has 0 spiro atoms. The SMILES string of the molecule is C[Si](C)(C)c1ccc(-c2[c-]ccc3c2oc2cc(F)ccc23)nc1.[Ir].[c-]1ccccc1-c1cc(Cc2ccccc2)ccn1. The van der Waals surface area contributed by atoms with Gasteiger partial charge in [-0.2, -0.15) is 0 Å². The van der Waals surface area contributed by atoms with E-state index >= 15 is 0 Å². The Labute approximate surface area is 272 Å². The van der Waals surface area contributed by atoms with E-state index in [1.54, 1.807) is 6.07 Å². The Morgan fingerprint density at radius 3 is 2.27 bits per heavy atom. The Kier molecular flexibility index (Phi) is 9.65. The fourth-order valence-electron chi connectivity index (χ4n) is 5.01. The summed E-state index contributed by atoms with van der Waals surface area (Å²) in [5.41, 5.74) is 7.49. The third-order valence-corrected chi connectivity index (χ3v) is 9.37. The third kappa shape index (κ3) is 7.11. The van der Waals surface area contributed by atoms with Crippen molar-refractivity contribution in [3.63, 3.8) is 0 Å². The van der Waals surface area contributed by atoms with Crippen molar-refractivity contribution < 1.29 is 28.9 Å². The second kappa shape index (κ2) is 13.6. The molecule has 0 unspecified atom stereocenters. The molecule has 3 heterocycles. The first kappa shape index (κ1) is 31.2. The summed E-state index contributed by atoms with van der Waals surface area (Å²) in [4.78, 5) is 9.04. The van der Waals surface area contributed by atoms with Crippen LogP contribution in [0.4, 0.5) is 4.39 Å². The zero-order valence-electron chi connectivity index (χ0n) is 24.8. The van der Waals surface area contributed by atoms with Crippen LogP contribution in [0.1, 0.15) is 11.1 Å². The summed E-state index contributed by atoms with van der Waals surface area (Å²) in [7, 11) is -1.38. The predicted octanol–water partition coefficient (Wildman–Crippen LogP) is 9.27. The maximum absolute atomic E-state index is 13.5. The van der Waals surface area contributed by atoms with Crippen LogP contribution in [0, 0.1) is 17.9 Å². The molecule has 1 radical (unpaired) electrons. The van der Waals surface area contributed by atoms with Crippen LogP contribution >= 0.6 is 0 Å². The van der Waals surface area contributed by atoms with E-state index in [9.17, 15) is 4.39 Å². The quantitative estimate of drug-likeness (QED) is 0.130. The van der Waals surface area contributed by atoms with Crippen molar-refractivity contribution in [1.29, 1.82) is 0 Å². The molecule has 0 amide bonds. The van der Waals surface area contributed by atoms with E-state index in [4.69, 9.17) is 4.42 Å². The molecule has 0 atom stereocenters. The average molecular weight is 771 g/mol. The minimum Gasteiger partial charge on any atom is -0.500 e. The number of halogens is 1. The summed E-state index contributed by atoms with van der Waals surface area (Å²) < 4.78 is 19.4. The van der Waals surface area contributed by atoms with Crippen LogP contribution < -0.4 is 5.19 Å². The van der Waals surface area contributed by atoms with E-state index in [2.05, 4.69) is 84.2 Å². The standard InChI is InChI=1S/C20H17FNOSi.C18H14N.Ir/c1-24(2,3)14-8-10-18(22-12-14)17-6-4-5-16-15-9-7-13(21)11-19(15)23-20(16)17;1-3-7-15(8-4-1)13-16-11-12-19-18(14-16)17-9-5-2-6-10-17;/h4-5,7-12H,1-3H3;1-9,11-12,14H,13H2;/q2*-1;. The maximum Gasteiger partial charge on any atom is 0.126 e. The van der Waals surface area contributed by atoms with E-state index in [0.717, 1.165) is 39.7 Å². The number of hydrogen-bond donors (Lipinski definition) is 0. The molecular formula is C38H31FIrN2OSi-2. The Hall–Kier alpha value is -4.22. The second-order valence-electron chi connectivity index (χ2n) is 11.5. The van der Waals surface area contributed by atoms with Crippen molar-refractivity contribution in [2.45, 2.75) is 26.1 Å². The van der Waals surface area contributed by atoms with Gasteiger partial charge in [0.1, 0.15) is 11.4 Å². The molecule has 6 heteroatoms. The molecule has 0 aliphatic carbocycles. The Morgan fingerprint density at radius 2 is 1.55 bits per heavy atom. The summed E-state index contributed by atoms with van der Waals surface area (Å²) in [6.45, 7) is 6.89. The summed E-state index contributed by atoms with van der Waals surface area (Å²) in [6, 6.07) is 41.7. The van der Waals surface area contributed by atoms with Crippen molar-refractivity contribution in [3.05, 3.63) is 151 Å². The zero-order chi connectivity index (χ0) is 29.8. The van der Waals surface area contributed by atoms with Gasteiger partial charge in [-0.1, -0.05) is 79.1 Å². The number of furan rings is 1. The van der Waals surface area contributed by atoms with Gasteiger partial charge >= 0.3 is 0 Å². The van der Waals surface area contributed by atoms with Gasteiger partial charge in [-0.3, -0.25) is 0 Å². The van der Waals surface area contributed by atoms with Gasteiger partial charge in [-0.05, 0) is 52.3 Å². The van der Waals surface area contributed by atoms with Gasteiger partial charge < -0.3 is 14.4 Å². The summed E-state index contributed by atoms with van der Waals surface area (Å²) >= 11 is 0. The molecule has 0 aliphatic rings. The topological polar surface area (TPSA) is 38.9 Å². The fourth-order valence-corrected chi connectivity index (χ4v) is 6.04. The summed E-state index contributed by atoms with van der Waals surface area (Å²) in [5.74, 6) is -0.301. The molecule has 3 nitrogen and oxygen atoms in total. The Bertz CT molecular complexity index is 1990. The molecule has 4 aromatic carbocycles. The van der Waals surface area contributed by atoms with Crippen molar-refractivity contribution in [1.82, 2.24) is 9.97 Å². The van der Waals surface area contributed by atoms with Crippen molar-refractivity contribution in [2.75, 3.05) is 0 Å². The molecule has 0 N–H and O–H groups in total. The number of fused-ring (bicyclic) bond motifs is 3. The fraction of sp³-hybridized carbons (Fsp3) is 0.105. The van der Waals surface area contributed by atoms with Gasteiger partial charge in [0.25, 0.3) is 0 Å². The normalized spacial score (nSPS) is 11.1. The average Bonchev–Trinajstić information content (AvgIpc) is 3.40. The van der Waals surface area contributed by atoms with Gasteiger partial charge in [0.05, 0.1) is 13.7 Å². The predicted molar refractivity (Wildman–Crippen MR) is 176 cm³/mol. The largest absolute Gasteiger partial charge is 0.500 e. The Morgan fingerprint density at radius 1 is 0.727 bits per heavy atom. The molecule has 0 aliphatic heterocycles.